The van der Waals surface area contributed by atoms with Crippen molar-refractivity contribution in [3.05, 3.63) is 57.6 Å². The van der Waals surface area contributed by atoms with Crippen LogP contribution >= 0.6 is 0 Å². The maximum atomic E-state index is 10.4. The van der Waals surface area contributed by atoms with Crippen molar-refractivity contribution in [3.63, 3.8) is 0 Å². The Balaban J connectivity index is 2.14. The fourth-order valence-electron chi connectivity index (χ4n) is 5.39. The van der Waals surface area contributed by atoms with E-state index in [0.717, 1.165) is 41.0 Å². The van der Waals surface area contributed by atoms with Crippen LogP contribution in [0.1, 0.15) is 86.3 Å². The van der Waals surface area contributed by atoms with Crippen molar-refractivity contribution >= 4 is 0 Å². The van der Waals surface area contributed by atoms with Crippen molar-refractivity contribution in [2.45, 2.75) is 86.0 Å². The predicted octanol–water partition coefficient (Wildman–Crippen LogP) is 7.24. The van der Waals surface area contributed by atoms with E-state index in [2.05, 4.69) is 45.0 Å². The van der Waals surface area contributed by atoms with Gasteiger partial charge in [-0.2, -0.15) is 0 Å². The summed E-state index contributed by atoms with van der Waals surface area (Å²) in [6, 6.07) is 8.74. The first-order chi connectivity index (χ1) is 13.5. The Labute approximate surface area is 177 Å². The molecule has 2 N–H and O–H groups in total. The van der Waals surface area contributed by atoms with E-state index in [0.29, 0.717) is 16.9 Å². The maximum Gasteiger partial charge on any atom is 0.121 e. The van der Waals surface area contributed by atoms with Gasteiger partial charge in [0, 0.05) is 5.41 Å². The van der Waals surface area contributed by atoms with Gasteiger partial charge in [0.25, 0.3) is 0 Å². The lowest BCUT2D eigenvalue weighted by Gasteiger charge is -2.46. The lowest BCUT2D eigenvalue weighted by Crippen LogP contribution is -2.37. The van der Waals surface area contributed by atoms with Gasteiger partial charge in [-0.05, 0) is 98.1 Å². The minimum Gasteiger partial charge on any atom is -0.507 e. The van der Waals surface area contributed by atoms with E-state index in [1.807, 2.05) is 27.7 Å². The largest absolute Gasteiger partial charge is 0.507 e. The van der Waals surface area contributed by atoms with E-state index < -0.39 is 0 Å². The van der Waals surface area contributed by atoms with Gasteiger partial charge < -0.3 is 10.2 Å². The summed E-state index contributed by atoms with van der Waals surface area (Å²) in [5, 5.41) is 20.7. The smallest absolute Gasteiger partial charge is 0.121 e. The third kappa shape index (κ3) is 3.79. The molecule has 0 amide bonds. The minimum absolute atomic E-state index is 0.0627. The summed E-state index contributed by atoms with van der Waals surface area (Å²) in [6.07, 6.45) is 5.83. The zero-order chi connectivity index (χ0) is 21.6. The standard InChI is InChI=1S/C27H38O2/c1-8-26(6,7)21-9-11-27(12-10-21,22-13-17(2)24(28)18(3)14-22)23-15-19(4)25(29)20(5)16-23/h13-16,21,28-29H,8-12H2,1-7H3. The topological polar surface area (TPSA) is 40.5 Å². The highest BCUT2D eigenvalue weighted by molar-refractivity contribution is 5.52. The van der Waals surface area contributed by atoms with Crippen LogP contribution in [-0.4, -0.2) is 10.2 Å². The van der Waals surface area contributed by atoms with Crippen LogP contribution in [0.2, 0.25) is 0 Å². The summed E-state index contributed by atoms with van der Waals surface area (Å²) in [6.45, 7) is 15.1. The zero-order valence-electron chi connectivity index (χ0n) is 19.3. The van der Waals surface area contributed by atoms with E-state index in [9.17, 15) is 10.2 Å². The number of rotatable bonds is 4. The van der Waals surface area contributed by atoms with Crippen molar-refractivity contribution in [3.8, 4) is 11.5 Å². The molecule has 0 aromatic heterocycles. The number of hydrogen-bond acceptors (Lipinski definition) is 2. The van der Waals surface area contributed by atoms with Crippen LogP contribution in [0.3, 0.4) is 0 Å². The molecule has 1 aliphatic carbocycles. The lowest BCUT2D eigenvalue weighted by atomic mass is 9.58. The molecule has 0 heterocycles. The minimum atomic E-state index is -0.0627. The number of aromatic hydroxyl groups is 2. The Morgan fingerprint density at radius 2 is 1.14 bits per heavy atom. The molecule has 0 spiro atoms. The van der Waals surface area contributed by atoms with Crippen LogP contribution in [-0.2, 0) is 5.41 Å². The van der Waals surface area contributed by atoms with E-state index >= 15 is 0 Å². The van der Waals surface area contributed by atoms with Gasteiger partial charge in [-0.3, -0.25) is 0 Å². The molecule has 0 atom stereocenters. The molecule has 2 heteroatoms. The van der Waals surface area contributed by atoms with Crippen molar-refractivity contribution in [1.82, 2.24) is 0 Å². The van der Waals surface area contributed by atoms with Crippen LogP contribution in [0.4, 0.5) is 0 Å². The molecule has 2 aromatic rings. The molecule has 3 rings (SSSR count). The molecule has 1 saturated carbocycles. The number of hydrogen-bond donors (Lipinski definition) is 2. The number of benzene rings is 2. The summed E-state index contributed by atoms with van der Waals surface area (Å²) in [4.78, 5) is 0. The second-order valence-corrected chi connectivity index (χ2v) is 10.1. The molecule has 0 radical (unpaired) electrons. The van der Waals surface area contributed by atoms with E-state index in [1.54, 1.807) is 0 Å². The van der Waals surface area contributed by atoms with Gasteiger partial charge in [-0.1, -0.05) is 51.5 Å². The van der Waals surface area contributed by atoms with Crippen LogP contribution in [0.5, 0.6) is 11.5 Å². The van der Waals surface area contributed by atoms with E-state index in [4.69, 9.17) is 0 Å². The molecule has 0 bridgehead atoms. The first kappa shape index (κ1) is 21.7. The van der Waals surface area contributed by atoms with Gasteiger partial charge in [0.15, 0.2) is 0 Å². The van der Waals surface area contributed by atoms with Gasteiger partial charge in [0.05, 0.1) is 0 Å². The fraction of sp³-hybridized carbons (Fsp3) is 0.556. The summed E-state index contributed by atoms with van der Waals surface area (Å²) in [7, 11) is 0. The van der Waals surface area contributed by atoms with Crippen molar-refractivity contribution in [2.75, 3.05) is 0 Å². The second-order valence-electron chi connectivity index (χ2n) is 10.1. The first-order valence-electron chi connectivity index (χ1n) is 11.1. The summed E-state index contributed by atoms with van der Waals surface area (Å²) >= 11 is 0. The third-order valence-electron chi connectivity index (χ3n) is 7.94. The zero-order valence-corrected chi connectivity index (χ0v) is 19.3. The SMILES string of the molecule is CCC(C)(C)C1CCC(c2cc(C)c(O)c(C)c2)(c2cc(C)c(O)c(C)c2)CC1. The van der Waals surface area contributed by atoms with Gasteiger partial charge in [0.1, 0.15) is 11.5 Å². The maximum absolute atomic E-state index is 10.4. The normalized spacial score (nSPS) is 17.5. The Kier molecular flexibility index (Phi) is 5.77. The molecule has 2 nitrogen and oxygen atoms in total. The summed E-state index contributed by atoms with van der Waals surface area (Å²) in [5.41, 5.74) is 6.71. The monoisotopic (exact) mass is 394 g/mol. The van der Waals surface area contributed by atoms with Crippen molar-refractivity contribution in [2.24, 2.45) is 11.3 Å². The van der Waals surface area contributed by atoms with Crippen LogP contribution in [0.25, 0.3) is 0 Å². The average molecular weight is 395 g/mol. The lowest BCUT2D eigenvalue weighted by molar-refractivity contribution is 0.125. The number of phenols is 2. The molecule has 29 heavy (non-hydrogen) atoms. The van der Waals surface area contributed by atoms with Gasteiger partial charge in [-0.25, -0.2) is 0 Å². The van der Waals surface area contributed by atoms with Crippen LogP contribution in [0, 0.1) is 39.0 Å². The molecular formula is C27H38O2. The second kappa shape index (κ2) is 7.70. The van der Waals surface area contributed by atoms with E-state index in [-0.39, 0.29) is 5.41 Å². The number of aryl methyl sites for hydroxylation is 4. The molecule has 158 valence electrons. The average Bonchev–Trinajstić information content (AvgIpc) is 2.69. The van der Waals surface area contributed by atoms with Crippen molar-refractivity contribution < 1.29 is 10.2 Å². The molecule has 1 fully saturated rings. The Hall–Kier alpha value is -1.96. The molecule has 0 unspecified atom stereocenters. The molecule has 0 aliphatic heterocycles. The first-order valence-corrected chi connectivity index (χ1v) is 11.1. The Bertz CT molecular complexity index is 793. The fourth-order valence-corrected chi connectivity index (χ4v) is 5.39. The predicted molar refractivity (Wildman–Crippen MR) is 122 cm³/mol. The highest BCUT2D eigenvalue weighted by Gasteiger charge is 2.42. The van der Waals surface area contributed by atoms with Gasteiger partial charge >= 0.3 is 0 Å². The highest BCUT2D eigenvalue weighted by Crippen LogP contribution is 2.52. The molecule has 1 aliphatic rings. The van der Waals surface area contributed by atoms with Gasteiger partial charge in [-0.15, -0.1) is 0 Å². The third-order valence-corrected chi connectivity index (χ3v) is 7.94. The highest BCUT2D eigenvalue weighted by atomic mass is 16.3. The number of phenolic OH excluding ortho intramolecular Hbond substituents is 2. The molecule has 2 aromatic carbocycles. The Morgan fingerprint density at radius 3 is 1.45 bits per heavy atom. The van der Waals surface area contributed by atoms with Crippen LogP contribution < -0.4 is 0 Å². The molecular weight excluding hydrogens is 356 g/mol. The molecule has 0 saturated heterocycles. The quantitative estimate of drug-likeness (QED) is 0.573. The van der Waals surface area contributed by atoms with E-state index in [1.165, 1.54) is 30.4 Å². The summed E-state index contributed by atoms with van der Waals surface area (Å²) in [5.74, 6) is 1.55. The van der Waals surface area contributed by atoms with Gasteiger partial charge in [0.2, 0.25) is 0 Å². The van der Waals surface area contributed by atoms with Crippen LogP contribution in [0.15, 0.2) is 24.3 Å². The Morgan fingerprint density at radius 1 is 0.793 bits per heavy atom. The van der Waals surface area contributed by atoms with Crippen molar-refractivity contribution in [1.29, 1.82) is 0 Å². The summed E-state index contributed by atoms with van der Waals surface area (Å²) < 4.78 is 0.